The molecular weight excluding hydrogens is 577 g/mol. The summed E-state index contributed by atoms with van der Waals surface area (Å²) in [4.78, 5) is 0. The molecule has 2 aromatic carbocycles. The fraction of sp³-hybridized carbons (Fsp3) is 0.478. The molecule has 202 valence electrons. The van der Waals surface area contributed by atoms with Gasteiger partial charge in [-0.25, -0.2) is 8.78 Å². The molecule has 2 aliphatic heterocycles. The number of halogens is 6. The molecule has 0 saturated heterocycles. The first-order valence-corrected chi connectivity index (χ1v) is 13.2. The van der Waals surface area contributed by atoms with Crippen LogP contribution in [0.1, 0.15) is 47.8 Å². The molecule has 36 heavy (non-hydrogen) atoms. The molecule has 0 bridgehead atoms. The highest BCUT2D eigenvalue weighted by molar-refractivity contribution is 9.10. The maximum atomic E-state index is 13.7. The third-order valence-electron chi connectivity index (χ3n) is 5.45. The zero-order valence-electron chi connectivity index (χ0n) is 19.5. The summed E-state index contributed by atoms with van der Waals surface area (Å²) in [7, 11) is -4.00. The van der Waals surface area contributed by atoms with E-state index in [1.165, 1.54) is 12.1 Å². The summed E-state index contributed by atoms with van der Waals surface area (Å²) in [5, 5.41) is 3.02. The zero-order chi connectivity index (χ0) is 27.1. The standard InChI is InChI=1S/C11H13BrFNO.C11H13FO.CHF3O3S/c1-14-6-10-11-7(4-5-15-10)8(12)2-3-9(11)13;1-2-10-11-8(6-7-13-10)4-3-5-9(11)12;2-1(3,4)8(5,6)7/h2-3,10,14H,4-6H2,1H3;3-5,10H,2,6-7H2,1H3;(H,5,6,7)/t;10-;/m.0./s1. The van der Waals surface area contributed by atoms with E-state index in [9.17, 15) is 22.0 Å². The van der Waals surface area contributed by atoms with E-state index >= 15 is 0 Å². The predicted molar refractivity (Wildman–Crippen MR) is 127 cm³/mol. The molecule has 2 aromatic rings. The molecule has 2 aliphatic rings. The molecule has 2 heterocycles. The average Bonchev–Trinajstić information content (AvgIpc) is 2.81. The fourth-order valence-electron chi connectivity index (χ4n) is 3.82. The Kier molecular flexibility index (Phi) is 11.3. The molecule has 0 aromatic heterocycles. The Hall–Kier alpha value is -1.64. The summed E-state index contributed by atoms with van der Waals surface area (Å²) in [5.41, 5.74) is -1.91. The van der Waals surface area contributed by atoms with Gasteiger partial charge in [-0.05, 0) is 55.6 Å². The van der Waals surface area contributed by atoms with Gasteiger partial charge in [-0.15, -0.1) is 0 Å². The van der Waals surface area contributed by atoms with Crippen molar-refractivity contribution >= 4 is 26.0 Å². The number of hydrogen-bond donors (Lipinski definition) is 2. The van der Waals surface area contributed by atoms with E-state index in [-0.39, 0.29) is 23.8 Å². The highest BCUT2D eigenvalue weighted by Gasteiger charge is 2.44. The lowest BCUT2D eigenvalue weighted by Crippen LogP contribution is -2.26. The van der Waals surface area contributed by atoms with Crippen LogP contribution < -0.4 is 5.32 Å². The summed E-state index contributed by atoms with van der Waals surface area (Å²) in [6.07, 6.45) is 2.24. The van der Waals surface area contributed by atoms with Crippen LogP contribution in [-0.4, -0.2) is 45.3 Å². The minimum absolute atomic E-state index is 0.0371. The molecule has 0 radical (unpaired) electrons. The van der Waals surface area contributed by atoms with Crippen LogP contribution in [0.3, 0.4) is 0 Å². The average molecular weight is 604 g/mol. The van der Waals surface area contributed by atoms with E-state index in [0.717, 1.165) is 47.0 Å². The number of nitrogens with one attached hydrogen (secondary N) is 1. The highest BCUT2D eigenvalue weighted by atomic mass is 79.9. The second-order valence-corrected chi connectivity index (χ2v) is 10.1. The van der Waals surface area contributed by atoms with Crippen molar-refractivity contribution in [2.75, 3.05) is 26.8 Å². The lowest BCUT2D eigenvalue weighted by atomic mass is 9.96. The van der Waals surface area contributed by atoms with E-state index in [1.807, 2.05) is 20.0 Å². The SMILES string of the molecule is CC[C@@H]1OCCc2cccc(F)c21.CNCC1OCCc2c(Br)ccc(F)c21.O=S(=O)(O)C(F)(F)F. The van der Waals surface area contributed by atoms with Crippen molar-refractivity contribution in [2.45, 2.75) is 43.9 Å². The van der Waals surface area contributed by atoms with Crippen LogP contribution in [0.2, 0.25) is 0 Å². The van der Waals surface area contributed by atoms with Crippen molar-refractivity contribution in [3.05, 3.63) is 68.7 Å². The maximum Gasteiger partial charge on any atom is 0.522 e. The first kappa shape index (κ1) is 30.6. The maximum absolute atomic E-state index is 13.7. The monoisotopic (exact) mass is 603 g/mol. The molecule has 6 nitrogen and oxygen atoms in total. The topological polar surface area (TPSA) is 84.9 Å². The van der Waals surface area contributed by atoms with E-state index < -0.39 is 15.6 Å². The number of benzene rings is 2. The molecule has 4 rings (SSSR count). The van der Waals surface area contributed by atoms with Gasteiger partial charge in [0.15, 0.2) is 0 Å². The van der Waals surface area contributed by atoms with Crippen LogP contribution in [-0.2, 0) is 32.4 Å². The molecular formula is C23H27BrF5NO5S. The van der Waals surface area contributed by atoms with E-state index in [0.29, 0.717) is 18.7 Å². The summed E-state index contributed by atoms with van der Waals surface area (Å²) in [6.45, 7) is 4.03. The van der Waals surface area contributed by atoms with E-state index in [4.69, 9.17) is 22.4 Å². The van der Waals surface area contributed by atoms with Crippen molar-refractivity contribution in [3.8, 4) is 0 Å². The van der Waals surface area contributed by atoms with Crippen LogP contribution >= 0.6 is 15.9 Å². The Morgan fingerprint density at radius 1 is 1.03 bits per heavy atom. The Morgan fingerprint density at radius 2 is 1.61 bits per heavy atom. The van der Waals surface area contributed by atoms with Gasteiger partial charge < -0.3 is 14.8 Å². The van der Waals surface area contributed by atoms with Crippen LogP contribution in [0.15, 0.2) is 34.8 Å². The summed E-state index contributed by atoms with van der Waals surface area (Å²) in [6, 6.07) is 8.52. The van der Waals surface area contributed by atoms with Gasteiger partial charge in [0.25, 0.3) is 0 Å². The number of alkyl halides is 3. The molecule has 2 N–H and O–H groups in total. The van der Waals surface area contributed by atoms with Crippen molar-refractivity contribution in [3.63, 3.8) is 0 Å². The Balaban J connectivity index is 0.000000200. The quantitative estimate of drug-likeness (QED) is 0.267. The lowest BCUT2D eigenvalue weighted by molar-refractivity contribution is -0.0510. The minimum atomic E-state index is -5.84. The van der Waals surface area contributed by atoms with E-state index in [2.05, 4.69) is 21.2 Å². The lowest BCUT2D eigenvalue weighted by Gasteiger charge is -2.27. The minimum Gasteiger partial charge on any atom is -0.373 e. The molecule has 0 aliphatic carbocycles. The molecule has 2 atom stereocenters. The van der Waals surface area contributed by atoms with Crippen molar-refractivity contribution in [1.29, 1.82) is 0 Å². The molecule has 1 unspecified atom stereocenters. The Morgan fingerprint density at radius 3 is 2.19 bits per heavy atom. The first-order valence-electron chi connectivity index (χ1n) is 11.0. The summed E-state index contributed by atoms with van der Waals surface area (Å²) in [5.74, 6) is -0.294. The van der Waals surface area contributed by atoms with Gasteiger partial charge in [-0.2, -0.15) is 21.6 Å². The third kappa shape index (κ3) is 7.93. The van der Waals surface area contributed by atoms with E-state index in [1.54, 1.807) is 12.1 Å². The van der Waals surface area contributed by atoms with Gasteiger partial charge in [0, 0.05) is 22.1 Å². The van der Waals surface area contributed by atoms with Crippen LogP contribution in [0.4, 0.5) is 22.0 Å². The van der Waals surface area contributed by atoms with Crippen LogP contribution in [0, 0.1) is 11.6 Å². The van der Waals surface area contributed by atoms with Crippen molar-refractivity contribution in [1.82, 2.24) is 5.32 Å². The van der Waals surface area contributed by atoms with Gasteiger partial charge in [-0.3, -0.25) is 4.55 Å². The molecule has 0 saturated carbocycles. The number of ether oxygens (including phenoxy) is 2. The second-order valence-electron chi connectivity index (χ2n) is 7.84. The Bertz CT molecular complexity index is 1130. The largest absolute Gasteiger partial charge is 0.522 e. The summed E-state index contributed by atoms with van der Waals surface area (Å²) < 4.78 is 96.7. The number of fused-ring (bicyclic) bond motifs is 2. The first-order chi connectivity index (χ1) is 16.8. The van der Waals surface area contributed by atoms with Crippen LogP contribution in [0.25, 0.3) is 0 Å². The number of likely N-dealkylation sites (N-methyl/N-ethyl adjacent to an activating group) is 1. The van der Waals surface area contributed by atoms with Gasteiger partial charge in [-0.1, -0.05) is 35.0 Å². The van der Waals surface area contributed by atoms with Gasteiger partial charge >= 0.3 is 15.6 Å². The molecule has 0 amide bonds. The third-order valence-corrected chi connectivity index (χ3v) is 6.78. The van der Waals surface area contributed by atoms with Gasteiger partial charge in [0.2, 0.25) is 0 Å². The van der Waals surface area contributed by atoms with Crippen molar-refractivity contribution < 1.29 is 44.4 Å². The fourth-order valence-corrected chi connectivity index (χ4v) is 4.37. The molecule has 0 spiro atoms. The smallest absolute Gasteiger partial charge is 0.373 e. The van der Waals surface area contributed by atoms with Crippen molar-refractivity contribution in [2.24, 2.45) is 0 Å². The second kappa shape index (κ2) is 13.2. The zero-order valence-corrected chi connectivity index (χ0v) is 21.9. The number of hydrogen-bond acceptors (Lipinski definition) is 5. The van der Waals surface area contributed by atoms with Gasteiger partial charge in [0.05, 0.1) is 25.4 Å². The highest BCUT2D eigenvalue weighted by Crippen LogP contribution is 2.34. The summed E-state index contributed by atoms with van der Waals surface area (Å²) >= 11 is 3.45. The predicted octanol–water partition coefficient (Wildman–Crippen LogP) is 5.66. The van der Waals surface area contributed by atoms with Gasteiger partial charge in [0.1, 0.15) is 11.6 Å². The van der Waals surface area contributed by atoms with Crippen LogP contribution in [0.5, 0.6) is 0 Å². The Labute approximate surface area is 215 Å². The number of rotatable bonds is 3. The normalized spacial score (nSPS) is 19.1. The molecule has 0 fully saturated rings. The molecule has 13 heteroatoms.